The first-order valence-electron chi connectivity index (χ1n) is 6.87. The Balaban J connectivity index is 1.71. The van der Waals surface area contributed by atoms with Crippen LogP contribution in [0.4, 0.5) is 5.95 Å². The van der Waals surface area contributed by atoms with Gasteiger partial charge in [0.2, 0.25) is 11.2 Å². The Morgan fingerprint density at radius 2 is 2.14 bits per heavy atom. The summed E-state index contributed by atoms with van der Waals surface area (Å²) in [5, 5.41) is 16.6. The number of anilines is 1. The van der Waals surface area contributed by atoms with E-state index in [4.69, 9.17) is 11.6 Å². The van der Waals surface area contributed by atoms with Crippen molar-refractivity contribution < 1.29 is 5.11 Å². The fraction of sp³-hybridized carbons (Fsp3) is 0.583. The normalized spacial score (nSPS) is 21.6. The van der Waals surface area contributed by atoms with Gasteiger partial charge in [-0.15, -0.1) is 0 Å². The smallest absolute Gasteiger partial charge is 0.258 e. The Bertz CT molecular complexity index is 591. The van der Waals surface area contributed by atoms with Crippen LogP contribution in [0.1, 0.15) is 19.3 Å². The number of aromatic nitrogens is 6. The van der Waals surface area contributed by atoms with E-state index in [1.165, 1.54) is 17.3 Å². The van der Waals surface area contributed by atoms with Crippen molar-refractivity contribution in [2.45, 2.75) is 19.3 Å². The molecule has 0 spiro atoms. The van der Waals surface area contributed by atoms with Gasteiger partial charge < -0.3 is 10.4 Å². The van der Waals surface area contributed by atoms with Gasteiger partial charge in [0.25, 0.3) is 5.95 Å². The van der Waals surface area contributed by atoms with Gasteiger partial charge in [0.1, 0.15) is 12.7 Å². The Morgan fingerprint density at radius 3 is 2.90 bits per heavy atom. The molecular formula is C12H16ClN7O. The van der Waals surface area contributed by atoms with Gasteiger partial charge in [0, 0.05) is 13.2 Å². The van der Waals surface area contributed by atoms with Crippen LogP contribution >= 0.6 is 11.6 Å². The average molecular weight is 310 g/mol. The molecule has 2 aromatic heterocycles. The van der Waals surface area contributed by atoms with Crippen molar-refractivity contribution in [2.24, 2.45) is 11.8 Å². The van der Waals surface area contributed by atoms with E-state index in [-0.39, 0.29) is 11.9 Å². The van der Waals surface area contributed by atoms with Crippen LogP contribution in [-0.4, -0.2) is 48.0 Å². The first-order chi connectivity index (χ1) is 10.3. The van der Waals surface area contributed by atoms with Gasteiger partial charge in [-0.2, -0.15) is 24.7 Å². The highest BCUT2D eigenvalue weighted by atomic mass is 35.5. The molecule has 0 aromatic carbocycles. The molecule has 0 aliphatic heterocycles. The number of aliphatic hydroxyl groups excluding tert-OH is 1. The van der Waals surface area contributed by atoms with Crippen LogP contribution in [0, 0.1) is 11.8 Å². The van der Waals surface area contributed by atoms with Gasteiger partial charge in [0.05, 0.1) is 0 Å². The maximum Gasteiger partial charge on any atom is 0.258 e. The quantitative estimate of drug-likeness (QED) is 0.847. The van der Waals surface area contributed by atoms with Crippen LogP contribution < -0.4 is 5.32 Å². The largest absolute Gasteiger partial charge is 0.396 e. The number of hydrogen-bond acceptors (Lipinski definition) is 7. The molecule has 2 N–H and O–H groups in total. The molecular weight excluding hydrogens is 294 g/mol. The van der Waals surface area contributed by atoms with Crippen LogP contribution in [0.15, 0.2) is 12.7 Å². The lowest BCUT2D eigenvalue weighted by atomic mass is 9.97. The van der Waals surface area contributed by atoms with Gasteiger partial charge in [-0.05, 0) is 36.3 Å². The predicted molar refractivity (Wildman–Crippen MR) is 76.2 cm³/mol. The highest BCUT2D eigenvalue weighted by molar-refractivity contribution is 6.28. The second-order valence-corrected chi connectivity index (χ2v) is 5.42. The van der Waals surface area contributed by atoms with Crippen LogP contribution in [0.2, 0.25) is 5.28 Å². The van der Waals surface area contributed by atoms with Crippen molar-refractivity contribution in [3.63, 3.8) is 0 Å². The molecule has 0 saturated heterocycles. The van der Waals surface area contributed by atoms with Gasteiger partial charge in [-0.3, -0.25) is 0 Å². The zero-order valence-electron chi connectivity index (χ0n) is 11.4. The molecule has 0 amide bonds. The standard InChI is InChI=1S/C12H16ClN7O/c13-10-17-11(15-4-8-2-1-3-9(8)5-21)19-12(18-10)20-7-14-6-16-20/h6-9,21H,1-5H2,(H,15,17,18,19). The number of rotatable bonds is 5. The Morgan fingerprint density at radius 1 is 1.29 bits per heavy atom. The Hall–Kier alpha value is -1.80. The van der Waals surface area contributed by atoms with Crippen molar-refractivity contribution in [1.29, 1.82) is 0 Å². The lowest BCUT2D eigenvalue weighted by molar-refractivity contribution is 0.199. The highest BCUT2D eigenvalue weighted by Gasteiger charge is 2.26. The maximum atomic E-state index is 9.34. The second-order valence-electron chi connectivity index (χ2n) is 5.08. The van der Waals surface area contributed by atoms with Gasteiger partial charge in [-0.1, -0.05) is 6.42 Å². The third-order valence-corrected chi connectivity index (χ3v) is 3.96. The first-order valence-corrected chi connectivity index (χ1v) is 7.25. The minimum atomic E-state index is 0.100. The second kappa shape index (κ2) is 6.31. The SMILES string of the molecule is OCC1CCCC1CNc1nc(Cl)nc(-n2cncn2)n1. The van der Waals surface area contributed by atoms with E-state index in [1.54, 1.807) is 0 Å². The van der Waals surface area contributed by atoms with E-state index in [0.717, 1.165) is 19.3 Å². The van der Waals surface area contributed by atoms with E-state index >= 15 is 0 Å². The summed E-state index contributed by atoms with van der Waals surface area (Å²) in [4.78, 5) is 16.2. The maximum absolute atomic E-state index is 9.34. The molecule has 1 aliphatic rings. The number of aliphatic hydroxyl groups is 1. The average Bonchev–Trinajstić information content (AvgIpc) is 3.15. The summed E-state index contributed by atoms with van der Waals surface area (Å²) in [6.45, 7) is 0.941. The minimum absolute atomic E-state index is 0.100. The molecule has 2 atom stereocenters. The van der Waals surface area contributed by atoms with Gasteiger partial charge in [0.15, 0.2) is 0 Å². The molecule has 21 heavy (non-hydrogen) atoms. The van der Waals surface area contributed by atoms with Crippen molar-refractivity contribution >= 4 is 17.5 Å². The predicted octanol–water partition coefficient (Wildman–Crippen LogP) is 0.926. The summed E-state index contributed by atoms with van der Waals surface area (Å²) in [5.74, 6) is 1.51. The van der Waals surface area contributed by atoms with Gasteiger partial charge >= 0.3 is 0 Å². The molecule has 2 heterocycles. The van der Waals surface area contributed by atoms with Crippen molar-refractivity contribution in [2.75, 3.05) is 18.5 Å². The molecule has 0 bridgehead atoms. The first kappa shape index (κ1) is 14.2. The summed E-state index contributed by atoms with van der Waals surface area (Å²) in [5.41, 5.74) is 0. The summed E-state index contributed by atoms with van der Waals surface area (Å²) < 4.78 is 1.42. The number of nitrogens with zero attached hydrogens (tertiary/aromatic N) is 6. The topological polar surface area (TPSA) is 102 Å². The van der Waals surface area contributed by atoms with E-state index in [2.05, 4.69) is 30.4 Å². The monoisotopic (exact) mass is 309 g/mol. The van der Waals surface area contributed by atoms with Crippen LogP contribution in [-0.2, 0) is 0 Å². The highest BCUT2D eigenvalue weighted by Crippen LogP contribution is 2.31. The molecule has 3 rings (SSSR count). The summed E-state index contributed by atoms with van der Waals surface area (Å²) in [6, 6.07) is 0. The van der Waals surface area contributed by atoms with Crippen molar-refractivity contribution in [3.8, 4) is 5.95 Å². The van der Waals surface area contributed by atoms with Crippen LogP contribution in [0.5, 0.6) is 0 Å². The molecule has 2 unspecified atom stereocenters. The van der Waals surface area contributed by atoms with E-state index in [1.807, 2.05) is 0 Å². The number of hydrogen-bond donors (Lipinski definition) is 2. The minimum Gasteiger partial charge on any atom is -0.396 e. The van der Waals surface area contributed by atoms with Crippen LogP contribution in [0.25, 0.3) is 5.95 Å². The van der Waals surface area contributed by atoms with E-state index in [0.29, 0.717) is 30.3 Å². The van der Waals surface area contributed by atoms with Crippen molar-refractivity contribution in [1.82, 2.24) is 29.7 Å². The zero-order chi connectivity index (χ0) is 14.7. The molecule has 1 aliphatic carbocycles. The zero-order valence-corrected chi connectivity index (χ0v) is 12.1. The Labute approximate surface area is 126 Å². The lowest BCUT2D eigenvalue weighted by Gasteiger charge is -2.17. The molecule has 2 aromatic rings. The molecule has 0 radical (unpaired) electrons. The number of halogens is 1. The third-order valence-electron chi connectivity index (χ3n) is 3.79. The number of nitrogens with one attached hydrogen (secondary N) is 1. The fourth-order valence-electron chi connectivity index (χ4n) is 2.68. The molecule has 1 fully saturated rings. The van der Waals surface area contributed by atoms with Crippen LogP contribution in [0.3, 0.4) is 0 Å². The Kier molecular flexibility index (Phi) is 4.26. The fourth-order valence-corrected chi connectivity index (χ4v) is 2.83. The van der Waals surface area contributed by atoms with E-state index in [9.17, 15) is 5.11 Å². The summed E-state index contributed by atoms with van der Waals surface area (Å²) in [6.07, 6.45) is 6.22. The third kappa shape index (κ3) is 3.27. The summed E-state index contributed by atoms with van der Waals surface area (Å²) >= 11 is 5.91. The molecule has 9 heteroatoms. The molecule has 8 nitrogen and oxygen atoms in total. The lowest BCUT2D eigenvalue weighted by Crippen LogP contribution is -2.22. The van der Waals surface area contributed by atoms with Gasteiger partial charge in [-0.25, -0.2) is 4.98 Å². The molecule has 112 valence electrons. The summed E-state index contributed by atoms with van der Waals surface area (Å²) in [7, 11) is 0. The molecule has 1 saturated carbocycles. The van der Waals surface area contributed by atoms with Crippen molar-refractivity contribution in [3.05, 3.63) is 17.9 Å². The van der Waals surface area contributed by atoms with E-state index < -0.39 is 0 Å².